The molecule has 3 fully saturated rings. The Morgan fingerprint density at radius 2 is 1.75 bits per heavy atom. The lowest BCUT2D eigenvalue weighted by molar-refractivity contribution is -0.138. The van der Waals surface area contributed by atoms with Crippen LogP contribution in [0.1, 0.15) is 76.5 Å². The monoisotopic (exact) mass is 853 g/mol. The number of aryl methyl sites for hydroxylation is 1. The first-order valence-electron chi connectivity index (χ1n) is 19.5. The van der Waals surface area contributed by atoms with Crippen LogP contribution in [0, 0.1) is 17.2 Å². The molecule has 3 atom stereocenters. The molecular formula is C42H47ClF3N7O5S. The first-order chi connectivity index (χ1) is 27.9. The molecule has 0 spiro atoms. The minimum absolute atomic E-state index is 0.00893. The largest absolute Gasteiger partial charge is 0.493 e. The topological polar surface area (TPSA) is 147 Å². The first kappa shape index (κ1) is 43.6. The second-order valence-corrected chi connectivity index (χ2v) is 16.5. The lowest BCUT2D eigenvalue weighted by Gasteiger charge is -2.35. The van der Waals surface area contributed by atoms with Gasteiger partial charge in [0.2, 0.25) is 17.7 Å². The average molecular weight is 854 g/mol. The van der Waals surface area contributed by atoms with Gasteiger partial charge in [0.25, 0.3) is 5.91 Å². The number of carbonyl (C=O) groups excluding carboxylic acids is 4. The van der Waals surface area contributed by atoms with E-state index in [0.29, 0.717) is 53.2 Å². The number of benzene rings is 3. The van der Waals surface area contributed by atoms with Crippen LogP contribution in [-0.2, 0) is 31.8 Å². The zero-order valence-corrected chi connectivity index (χ0v) is 34.8. The molecule has 3 aromatic carbocycles. The Morgan fingerprint density at radius 3 is 2.41 bits per heavy atom. The number of rotatable bonds is 12. The molecule has 4 amide bonds. The number of carbonyl (C=O) groups is 4. The zero-order valence-electron chi connectivity index (χ0n) is 33.2. The Kier molecular flexibility index (Phi) is 13.1. The number of nitrogens with one attached hydrogen (secondary N) is 3. The van der Waals surface area contributed by atoms with Crippen molar-refractivity contribution in [1.29, 1.82) is 5.26 Å². The summed E-state index contributed by atoms with van der Waals surface area (Å²) in [6, 6.07) is 14.4. The first-order valence-corrected chi connectivity index (χ1v) is 20.4. The number of imide groups is 1. The number of nitriles is 1. The van der Waals surface area contributed by atoms with Gasteiger partial charge in [-0.05, 0) is 132 Å². The number of likely N-dealkylation sites (tertiary alicyclic amines) is 1. The summed E-state index contributed by atoms with van der Waals surface area (Å²) in [6.07, 6.45) is -0.969. The van der Waals surface area contributed by atoms with E-state index < -0.39 is 52.2 Å². The van der Waals surface area contributed by atoms with Crippen molar-refractivity contribution in [1.82, 2.24) is 10.2 Å². The van der Waals surface area contributed by atoms with E-state index in [1.807, 2.05) is 32.0 Å². The molecule has 314 valence electrons. The molecule has 0 unspecified atom stereocenters. The molecule has 0 aliphatic carbocycles. The molecule has 3 aliphatic rings. The Balaban J connectivity index is 1.01. The smallest absolute Gasteiger partial charge is 0.417 e. The third kappa shape index (κ3) is 9.58. The van der Waals surface area contributed by atoms with E-state index in [1.165, 1.54) is 11.0 Å². The maximum atomic E-state index is 13.8. The highest BCUT2D eigenvalue weighted by molar-refractivity contribution is 7.81. The molecule has 0 radical (unpaired) electrons. The molecule has 6 rings (SSSR count). The molecular weight excluding hydrogens is 807 g/mol. The van der Waals surface area contributed by atoms with Gasteiger partial charge in [-0.1, -0.05) is 18.5 Å². The summed E-state index contributed by atoms with van der Waals surface area (Å²) in [4.78, 5) is 55.9. The average Bonchev–Trinajstić information content (AvgIpc) is 3.36. The van der Waals surface area contributed by atoms with Crippen LogP contribution in [0.3, 0.4) is 0 Å². The van der Waals surface area contributed by atoms with Crippen molar-refractivity contribution >= 4 is 70.6 Å². The van der Waals surface area contributed by atoms with Crippen LogP contribution < -0.4 is 30.5 Å². The third-order valence-corrected chi connectivity index (χ3v) is 12.0. The van der Waals surface area contributed by atoms with Crippen LogP contribution in [0.25, 0.3) is 0 Å². The molecule has 59 heavy (non-hydrogen) atoms. The summed E-state index contributed by atoms with van der Waals surface area (Å²) in [5, 5.41) is 18.0. The second kappa shape index (κ2) is 17.7. The summed E-state index contributed by atoms with van der Waals surface area (Å²) < 4.78 is 47.7. The van der Waals surface area contributed by atoms with Gasteiger partial charge >= 0.3 is 6.18 Å². The fourth-order valence-electron chi connectivity index (χ4n) is 7.91. The number of anilines is 4. The van der Waals surface area contributed by atoms with Crippen LogP contribution in [-0.4, -0.2) is 71.3 Å². The number of piperidine rings is 2. The fraction of sp³-hybridized carbons (Fsp3) is 0.452. The van der Waals surface area contributed by atoms with Crippen molar-refractivity contribution in [2.24, 2.45) is 5.92 Å². The Bertz CT molecular complexity index is 2160. The third-order valence-electron chi connectivity index (χ3n) is 11.3. The number of ether oxygens (including phenoxy) is 1. The number of alkyl halides is 3. The van der Waals surface area contributed by atoms with Crippen molar-refractivity contribution in [3.05, 3.63) is 76.3 Å². The minimum atomic E-state index is -4.78. The van der Waals surface area contributed by atoms with Gasteiger partial charge in [0.05, 0.1) is 29.8 Å². The van der Waals surface area contributed by atoms with Crippen molar-refractivity contribution < 1.29 is 37.1 Å². The molecule has 0 saturated carbocycles. The molecule has 3 heterocycles. The van der Waals surface area contributed by atoms with Gasteiger partial charge in [0.1, 0.15) is 17.3 Å². The van der Waals surface area contributed by atoms with E-state index in [1.54, 1.807) is 43.0 Å². The Hall–Kier alpha value is -4.98. The van der Waals surface area contributed by atoms with Crippen LogP contribution in [0.2, 0.25) is 5.02 Å². The summed E-state index contributed by atoms with van der Waals surface area (Å²) in [6.45, 7) is 9.20. The van der Waals surface area contributed by atoms with Gasteiger partial charge in [-0.2, -0.15) is 18.4 Å². The number of hydrogen-bond donors (Lipinski definition) is 4. The summed E-state index contributed by atoms with van der Waals surface area (Å²) in [5.41, 5.74) is -1.14. The summed E-state index contributed by atoms with van der Waals surface area (Å²) in [7, 11) is 0. The van der Waals surface area contributed by atoms with E-state index in [9.17, 15) is 37.6 Å². The highest BCUT2D eigenvalue weighted by atomic mass is 35.5. The summed E-state index contributed by atoms with van der Waals surface area (Å²) in [5.74, 6) is -0.231. The van der Waals surface area contributed by atoms with Gasteiger partial charge in [0.15, 0.2) is 5.50 Å². The van der Waals surface area contributed by atoms with Gasteiger partial charge in [-0.3, -0.25) is 34.3 Å². The van der Waals surface area contributed by atoms with Gasteiger partial charge in [0, 0.05) is 34.2 Å². The maximum absolute atomic E-state index is 13.8. The van der Waals surface area contributed by atoms with Crippen LogP contribution >= 0.6 is 24.2 Å². The SMILES string of the molecule is CCc1cc(N2[C@@H](S)N(c3ccc(C#N)c(C(F)(F)F)c3)C(=O)C2(C)C)ccc1OCCC1CCN([C@H](C)C(=O)Nc2cc(Cl)cc(N[C@@H]3CCC(=O)NC3=O)c2)CC1. The van der Waals surface area contributed by atoms with Crippen LogP contribution in [0.4, 0.5) is 35.9 Å². The molecule has 3 aliphatic heterocycles. The predicted octanol–water partition coefficient (Wildman–Crippen LogP) is 7.36. The Labute approximate surface area is 351 Å². The van der Waals surface area contributed by atoms with E-state index in [0.717, 1.165) is 50.0 Å². The maximum Gasteiger partial charge on any atom is 0.417 e. The minimum Gasteiger partial charge on any atom is -0.493 e. The zero-order chi connectivity index (χ0) is 42.8. The standard InChI is InChI=1S/C42H47ClF3N7O5S/c1-5-26-18-32(53-40(59)52(39(57)41(53,3)4)31-7-6-27(23-47)33(22-31)42(44,45)46)8-10-35(26)58-17-14-25-12-15-51(16-13-25)24(2)37(55)49-30-20-28(43)19-29(21-30)48-34-9-11-36(54)50-38(34)56/h6-8,10,18-22,24-25,34,40,48,59H,5,9,11-17H2,1-4H3,(H,49,55)(H,50,54,56)/t24-,34-,40+/m1/s1. The molecule has 0 bridgehead atoms. The van der Waals surface area contributed by atoms with Crippen molar-refractivity contribution in [2.45, 2.75) is 95.5 Å². The normalized spacial score (nSPS) is 20.6. The number of halogens is 4. The van der Waals surface area contributed by atoms with Crippen molar-refractivity contribution in [3.8, 4) is 11.8 Å². The van der Waals surface area contributed by atoms with Crippen molar-refractivity contribution in [3.63, 3.8) is 0 Å². The van der Waals surface area contributed by atoms with E-state index in [4.69, 9.17) is 29.0 Å². The van der Waals surface area contributed by atoms with Gasteiger partial charge in [-0.25, -0.2) is 0 Å². The van der Waals surface area contributed by atoms with Crippen LogP contribution in [0.15, 0.2) is 54.6 Å². The fourth-order valence-corrected chi connectivity index (χ4v) is 8.81. The van der Waals surface area contributed by atoms with E-state index in [-0.39, 0.29) is 23.9 Å². The van der Waals surface area contributed by atoms with Gasteiger partial charge in [-0.15, -0.1) is 12.6 Å². The highest BCUT2D eigenvalue weighted by Gasteiger charge is 2.52. The molecule has 3 saturated heterocycles. The molecule has 17 heteroatoms. The molecule has 3 N–H and O–H groups in total. The lowest BCUT2D eigenvalue weighted by atomic mass is 9.93. The van der Waals surface area contributed by atoms with Crippen LogP contribution in [0.5, 0.6) is 5.75 Å². The second-order valence-electron chi connectivity index (χ2n) is 15.6. The quantitative estimate of drug-likeness (QED) is 0.108. The number of amides is 4. The highest BCUT2D eigenvalue weighted by Crippen LogP contribution is 2.43. The molecule has 12 nitrogen and oxygen atoms in total. The van der Waals surface area contributed by atoms with E-state index >= 15 is 0 Å². The number of hydrogen-bond acceptors (Lipinski definition) is 10. The molecule has 3 aromatic rings. The number of thiol groups is 1. The lowest BCUT2D eigenvalue weighted by Crippen LogP contribution is -2.47. The van der Waals surface area contributed by atoms with E-state index in [2.05, 4.69) is 20.9 Å². The summed E-state index contributed by atoms with van der Waals surface area (Å²) >= 11 is 11.1. The molecule has 0 aromatic heterocycles. The Morgan fingerprint density at radius 1 is 1.05 bits per heavy atom. The predicted molar refractivity (Wildman–Crippen MR) is 223 cm³/mol. The van der Waals surface area contributed by atoms with Crippen molar-refractivity contribution in [2.75, 3.05) is 40.1 Å². The van der Waals surface area contributed by atoms with Gasteiger partial charge < -0.3 is 20.3 Å². The number of nitrogens with zero attached hydrogens (tertiary/aromatic N) is 4.